The summed E-state index contributed by atoms with van der Waals surface area (Å²) in [6.07, 6.45) is 0. The Morgan fingerprint density at radius 2 is 1.83 bits per heavy atom. The Hall–Kier alpha value is -1.22. The number of guanidine groups is 1. The Morgan fingerprint density at radius 3 is 2.42 bits per heavy atom. The molecule has 1 aromatic carbocycles. The van der Waals surface area contributed by atoms with Gasteiger partial charge in [0.05, 0.1) is 6.54 Å². The molecule has 0 saturated carbocycles. The Balaban J connectivity index is 0.00000529. The molecular formula is C16H26ClIN4O2. The van der Waals surface area contributed by atoms with E-state index in [1.54, 1.807) is 12.1 Å². The summed E-state index contributed by atoms with van der Waals surface area (Å²) < 4.78 is 5.66. The molecule has 0 aliphatic heterocycles. The van der Waals surface area contributed by atoms with Crippen molar-refractivity contribution in [1.29, 1.82) is 0 Å². The molecular weight excluding hydrogens is 443 g/mol. The zero-order valence-electron chi connectivity index (χ0n) is 14.3. The molecule has 6 nitrogen and oxygen atoms in total. The highest BCUT2D eigenvalue weighted by Crippen LogP contribution is 2.15. The van der Waals surface area contributed by atoms with Gasteiger partial charge in [-0.1, -0.05) is 11.6 Å². The van der Waals surface area contributed by atoms with E-state index >= 15 is 0 Å². The highest BCUT2D eigenvalue weighted by Gasteiger charge is 2.07. The number of halogens is 2. The lowest BCUT2D eigenvalue weighted by Crippen LogP contribution is -2.41. The van der Waals surface area contributed by atoms with Crippen LogP contribution in [0.3, 0.4) is 0 Å². The Kier molecular flexibility index (Phi) is 12.4. The first-order valence-electron chi connectivity index (χ1n) is 7.71. The number of carbonyl (C=O) groups excluding carboxylic acids is 1. The van der Waals surface area contributed by atoms with Crippen molar-refractivity contribution >= 4 is 47.4 Å². The predicted octanol–water partition coefficient (Wildman–Crippen LogP) is 2.37. The normalized spacial score (nSPS) is 10.6. The molecule has 0 aromatic heterocycles. The number of aliphatic imine (C=N–C) groups is 1. The summed E-state index contributed by atoms with van der Waals surface area (Å²) in [6, 6.07) is 7.24. The molecule has 0 heterocycles. The van der Waals surface area contributed by atoms with Gasteiger partial charge in [-0.05, 0) is 38.1 Å². The number of ether oxygens (including phenoxy) is 1. The second-order valence-corrected chi connectivity index (χ2v) is 5.28. The van der Waals surface area contributed by atoms with Crippen molar-refractivity contribution in [3.05, 3.63) is 29.3 Å². The maximum atomic E-state index is 11.5. The smallest absolute Gasteiger partial charge is 0.241 e. The number of nitrogens with zero attached hydrogens (tertiary/aromatic N) is 2. The number of rotatable bonds is 8. The Bertz CT molecular complexity index is 511. The van der Waals surface area contributed by atoms with Crippen LogP contribution in [0.2, 0.25) is 5.02 Å². The summed E-state index contributed by atoms with van der Waals surface area (Å²) in [4.78, 5) is 17.7. The van der Waals surface area contributed by atoms with Crippen LogP contribution >= 0.6 is 35.6 Å². The van der Waals surface area contributed by atoms with E-state index in [0.717, 1.165) is 12.3 Å². The zero-order valence-corrected chi connectivity index (χ0v) is 17.4. The second kappa shape index (κ2) is 13.1. The van der Waals surface area contributed by atoms with Crippen molar-refractivity contribution in [2.24, 2.45) is 4.99 Å². The van der Waals surface area contributed by atoms with Crippen molar-refractivity contribution in [2.75, 3.05) is 39.8 Å². The number of benzene rings is 1. The van der Waals surface area contributed by atoms with Gasteiger partial charge in [-0.2, -0.15) is 0 Å². The zero-order chi connectivity index (χ0) is 17.1. The third-order valence-corrected chi connectivity index (χ3v) is 3.20. The average Bonchev–Trinajstić information content (AvgIpc) is 2.53. The first-order valence-corrected chi connectivity index (χ1v) is 8.09. The summed E-state index contributed by atoms with van der Waals surface area (Å²) in [5, 5.41) is 6.56. The standard InChI is InChI=1S/C16H25ClN4O2.HI/c1-4-18-15(22)12-20-16(19-5-2)21(3)10-11-23-14-8-6-13(17)7-9-14;/h6-9H,4-5,10-12H2,1-3H3,(H,18,22)(H,19,20);1H. The second-order valence-electron chi connectivity index (χ2n) is 4.85. The van der Waals surface area contributed by atoms with E-state index in [1.807, 2.05) is 37.9 Å². The summed E-state index contributed by atoms with van der Waals surface area (Å²) in [5.41, 5.74) is 0. The fraction of sp³-hybridized carbons (Fsp3) is 0.500. The van der Waals surface area contributed by atoms with Gasteiger partial charge >= 0.3 is 0 Å². The monoisotopic (exact) mass is 468 g/mol. The van der Waals surface area contributed by atoms with E-state index in [-0.39, 0.29) is 36.4 Å². The van der Waals surface area contributed by atoms with Gasteiger partial charge in [-0.25, -0.2) is 4.99 Å². The number of nitrogens with one attached hydrogen (secondary N) is 2. The molecule has 0 aliphatic carbocycles. The van der Waals surface area contributed by atoms with Crippen LogP contribution in [0.5, 0.6) is 5.75 Å². The van der Waals surface area contributed by atoms with E-state index in [2.05, 4.69) is 15.6 Å². The van der Waals surface area contributed by atoms with Gasteiger partial charge in [0.25, 0.3) is 0 Å². The Labute approximate surface area is 166 Å². The van der Waals surface area contributed by atoms with E-state index < -0.39 is 0 Å². The molecule has 0 radical (unpaired) electrons. The number of amides is 1. The highest BCUT2D eigenvalue weighted by atomic mass is 127. The summed E-state index contributed by atoms with van der Waals surface area (Å²) in [7, 11) is 1.91. The third kappa shape index (κ3) is 9.17. The van der Waals surface area contributed by atoms with Crippen LogP contribution < -0.4 is 15.4 Å². The average molecular weight is 469 g/mol. The summed E-state index contributed by atoms with van der Waals surface area (Å²) in [6.45, 7) is 6.46. The minimum atomic E-state index is -0.0892. The van der Waals surface area contributed by atoms with Gasteiger partial charge in [-0.15, -0.1) is 24.0 Å². The van der Waals surface area contributed by atoms with E-state index in [0.29, 0.717) is 30.7 Å². The van der Waals surface area contributed by atoms with Gasteiger partial charge in [0, 0.05) is 25.2 Å². The largest absolute Gasteiger partial charge is 0.492 e. The molecule has 0 fully saturated rings. The van der Waals surface area contributed by atoms with Crippen LogP contribution in [-0.2, 0) is 4.79 Å². The fourth-order valence-corrected chi connectivity index (χ4v) is 1.93. The summed E-state index contributed by atoms with van der Waals surface area (Å²) >= 11 is 5.83. The molecule has 1 amide bonds. The fourth-order valence-electron chi connectivity index (χ4n) is 1.81. The lowest BCUT2D eigenvalue weighted by atomic mass is 10.3. The van der Waals surface area contributed by atoms with E-state index in [9.17, 15) is 4.79 Å². The van der Waals surface area contributed by atoms with Gasteiger partial charge in [0.15, 0.2) is 5.96 Å². The van der Waals surface area contributed by atoms with Crippen LogP contribution in [0, 0.1) is 0 Å². The predicted molar refractivity (Wildman–Crippen MR) is 110 cm³/mol. The lowest BCUT2D eigenvalue weighted by molar-refractivity contribution is -0.119. The topological polar surface area (TPSA) is 66.0 Å². The molecule has 8 heteroatoms. The molecule has 0 unspecified atom stereocenters. The highest BCUT2D eigenvalue weighted by molar-refractivity contribution is 14.0. The van der Waals surface area contributed by atoms with E-state index in [1.165, 1.54) is 0 Å². The van der Waals surface area contributed by atoms with E-state index in [4.69, 9.17) is 16.3 Å². The number of hydrogen-bond donors (Lipinski definition) is 2. The van der Waals surface area contributed by atoms with Gasteiger partial charge in [0.2, 0.25) is 5.91 Å². The van der Waals surface area contributed by atoms with Crippen molar-refractivity contribution < 1.29 is 9.53 Å². The molecule has 136 valence electrons. The molecule has 0 saturated heterocycles. The first-order chi connectivity index (χ1) is 11.1. The minimum Gasteiger partial charge on any atom is -0.492 e. The minimum absolute atomic E-state index is 0. The number of carbonyl (C=O) groups is 1. The maximum Gasteiger partial charge on any atom is 0.241 e. The quantitative estimate of drug-likeness (QED) is 0.349. The molecule has 1 rings (SSSR count). The molecule has 0 bridgehead atoms. The summed E-state index contributed by atoms with van der Waals surface area (Å²) in [5.74, 6) is 1.36. The van der Waals surface area contributed by atoms with Crippen LogP contribution in [0.4, 0.5) is 0 Å². The first kappa shape index (κ1) is 22.8. The molecule has 1 aromatic rings. The van der Waals surface area contributed by atoms with Crippen LogP contribution in [0.25, 0.3) is 0 Å². The Morgan fingerprint density at radius 1 is 1.21 bits per heavy atom. The molecule has 0 aliphatic rings. The van der Waals surface area contributed by atoms with Crippen molar-refractivity contribution in [2.45, 2.75) is 13.8 Å². The van der Waals surface area contributed by atoms with Crippen molar-refractivity contribution in [3.63, 3.8) is 0 Å². The molecule has 0 spiro atoms. The number of likely N-dealkylation sites (N-methyl/N-ethyl adjacent to an activating group) is 2. The number of hydrogen-bond acceptors (Lipinski definition) is 3. The van der Waals surface area contributed by atoms with Crippen LogP contribution in [0.1, 0.15) is 13.8 Å². The molecule has 2 N–H and O–H groups in total. The maximum absolute atomic E-state index is 11.5. The SMILES string of the molecule is CCNC(=O)CN=C(NCC)N(C)CCOc1ccc(Cl)cc1.I. The van der Waals surface area contributed by atoms with Crippen LogP contribution in [0.15, 0.2) is 29.3 Å². The molecule has 24 heavy (non-hydrogen) atoms. The lowest BCUT2D eigenvalue weighted by Gasteiger charge is -2.22. The van der Waals surface area contributed by atoms with Crippen molar-refractivity contribution in [3.8, 4) is 5.75 Å². The van der Waals surface area contributed by atoms with Gasteiger partial charge in [-0.3, -0.25) is 4.79 Å². The third-order valence-electron chi connectivity index (χ3n) is 2.95. The van der Waals surface area contributed by atoms with Gasteiger partial charge in [0.1, 0.15) is 18.9 Å². The molecule has 0 atom stereocenters. The van der Waals surface area contributed by atoms with Crippen molar-refractivity contribution in [1.82, 2.24) is 15.5 Å². The van der Waals surface area contributed by atoms with Gasteiger partial charge < -0.3 is 20.3 Å². The van der Waals surface area contributed by atoms with Crippen LogP contribution in [-0.4, -0.2) is 56.6 Å².